The fourth-order valence-electron chi connectivity index (χ4n) is 3.18. The molecule has 9 heteroatoms. The summed E-state index contributed by atoms with van der Waals surface area (Å²) in [5.74, 6) is -1.58. The summed E-state index contributed by atoms with van der Waals surface area (Å²) < 4.78 is 40.3. The monoisotopic (exact) mass is 449 g/mol. The molecular formula is C22H28FN3O4S. The zero-order valence-electron chi connectivity index (χ0n) is 18.3. The number of likely N-dealkylation sites (N-methyl/N-ethyl adjacent to an activating group) is 1. The molecule has 2 rings (SSSR count). The number of nitrogens with zero attached hydrogens (tertiary/aromatic N) is 2. The van der Waals surface area contributed by atoms with E-state index in [1.54, 1.807) is 25.1 Å². The summed E-state index contributed by atoms with van der Waals surface area (Å²) in [5, 5.41) is 2.47. The van der Waals surface area contributed by atoms with Crippen LogP contribution in [0.1, 0.15) is 23.6 Å². The number of carbonyl (C=O) groups excluding carboxylic acids is 2. The molecule has 0 aliphatic carbocycles. The summed E-state index contributed by atoms with van der Waals surface area (Å²) in [5.41, 5.74) is 2.13. The molecule has 0 aromatic heterocycles. The number of hydrogen-bond acceptors (Lipinski definition) is 4. The maximum absolute atomic E-state index is 14.2. The molecule has 0 aliphatic rings. The van der Waals surface area contributed by atoms with Crippen LogP contribution in [0.25, 0.3) is 0 Å². The van der Waals surface area contributed by atoms with Gasteiger partial charge in [-0.25, -0.2) is 12.8 Å². The highest BCUT2D eigenvalue weighted by Gasteiger charge is 2.30. The molecule has 0 heterocycles. The van der Waals surface area contributed by atoms with Crippen molar-refractivity contribution < 1.29 is 22.4 Å². The van der Waals surface area contributed by atoms with Gasteiger partial charge in [0.05, 0.1) is 11.9 Å². The number of halogens is 1. The van der Waals surface area contributed by atoms with Crippen LogP contribution in [0, 0.1) is 19.7 Å². The summed E-state index contributed by atoms with van der Waals surface area (Å²) in [6.45, 7) is 4.40. The highest BCUT2D eigenvalue weighted by atomic mass is 32.2. The number of sulfonamides is 1. The second-order valence-electron chi connectivity index (χ2n) is 7.46. The molecule has 31 heavy (non-hydrogen) atoms. The Hall–Kier alpha value is -2.94. The molecule has 0 saturated carbocycles. The van der Waals surface area contributed by atoms with E-state index in [1.807, 2.05) is 13.0 Å². The number of amides is 2. The molecule has 168 valence electrons. The quantitative estimate of drug-likeness (QED) is 0.670. The van der Waals surface area contributed by atoms with Gasteiger partial charge in [0.25, 0.3) is 0 Å². The third-order valence-electron chi connectivity index (χ3n) is 5.02. The number of anilines is 1. The third kappa shape index (κ3) is 6.04. The summed E-state index contributed by atoms with van der Waals surface area (Å²) in [6, 6.07) is 10.3. The number of hydrogen-bond donors (Lipinski definition) is 1. The molecular weight excluding hydrogens is 421 g/mol. The first-order valence-electron chi connectivity index (χ1n) is 9.75. The highest BCUT2D eigenvalue weighted by molar-refractivity contribution is 7.92. The van der Waals surface area contributed by atoms with Crippen molar-refractivity contribution in [3.63, 3.8) is 0 Å². The van der Waals surface area contributed by atoms with Crippen LogP contribution < -0.4 is 9.62 Å². The lowest BCUT2D eigenvalue weighted by Crippen LogP contribution is -2.50. The lowest BCUT2D eigenvalue weighted by atomic mass is 10.1. The van der Waals surface area contributed by atoms with E-state index < -0.39 is 40.2 Å². The third-order valence-corrected chi connectivity index (χ3v) is 6.15. The van der Waals surface area contributed by atoms with Crippen molar-refractivity contribution in [2.75, 3.05) is 24.2 Å². The molecule has 2 aromatic carbocycles. The number of rotatable bonds is 8. The first kappa shape index (κ1) is 24.3. The summed E-state index contributed by atoms with van der Waals surface area (Å²) in [7, 11) is -2.37. The van der Waals surface area contributed by atoms with Crippen LogP contribution in [-0.4, -0.2) is 51.0 Å². The zero-order chi connectivity index (χ0) is 23.3. The Labute approximate surface area is 182 Å². The molecule has 2 aromatic rings. The van der Waals surface area contributed by atoms with Crippen molar-refractivity contribution in [1.82, 2.24) is 10.2 Å². The molecule has 1 N–H and O–H groups in total. The van der Waals surface area contributed by atoms with Gasteiger partial charge in [0, 0.05) is 19.2 Å². The summed E-state index contributed by atoms with van der Waals surface area (Å²) in [4.78, 5) is 26.7. The lowest BCUT2D eigenvalue weighted by molar-refractivity contribution is -0.139. The van der Waals surface area contributed by atoms with Crippen molar-refractivity contribution >= 4 is 27.5 Å². The van der Waals surface area contributed by atoms with Gasteiger partial charge in [-0.05, 0) is 44.0 Å². The Morgan fingerprint density at radius 1 is 1.13 bits per heavy atom. The van der Waals surface area contributed by atoms with Gasteiger partial charge in [-0.3, -0.25) is 13.9 Å². The Bertz CT molecular complexity index is 1070. The summed E-state index contributed by atoms with van der Waals surface area (Å²) in [6.07, 6.45) is 1.02. The predicted molar refractivity (Wildman–Crippen MR) is 119 cm³/mol. The molecule has 1 unspecified atom stereocenters. The Morgan fingerprint density at radius 2 is 1.77 bits per heavy atom. The van der Waals surface area contributed by atoms with Crippen molar-refractivity contribution in [1.29, 1.82) is 0 Å². The molecule has 0 fully saturated rings. The van der Waals surface area contributed by atoms with Gasteiger partial charge < -0.3 is 10.2 Å². The molecule has 1 atom stereocenters. The van der Waals surface area contributed by atoms with Crippen LogP contribution in [0.3, 0.4) is 0 Å². The minimum atomic E-state index is -3.81. The largest absolute Gasteiger partial charge is 0.357 e. The molecule has 0 aliphatic heterocycles. The van der Waals surface area contributed by atoms with E-state index in [4.69, 9.17) is 0 Å². The van der Waals surface area contributed by atoms with Crippen LogP contribution in [0.15, 0.2) is 42.5 Å². The Balaban J connectivity index is 2.45. The molecule has 7 nitrogen and oxygen atoms in total. The van der Waals surface area contributed by atoms with Gasteiger partial charge in [0.15, 0.2) is 0 Å². The van der Waals surface area contributed by atoms with Gasteiger partial charge in [-0.1, -0.05) is 30.3 Å². The van der Waals surface area contributed by atoms with E-state index >= 15 is 0 Å². The highest BCUT2D eigenvalue weighted by Crippen LogP contribution is 2.24. The number of benzene rings is 2. The topological polar surface area (TPSA) is 86.8 Å². The number of nitrogens with one attached hydrogen (secondary N) is 1. The van der Waals surface area contributed by atoms with E-state index in [-0.39, 0.29) is 12.1 Å². The van der Waals surface area contributed by atoms with Crippen LogP contribution in [0.2, 0.25) is 0 Å². The molecule has 2 amide bonds. The maximum atomic E-state index is 14.2. The number of aryl methyl sites for hydroxylation is 2. The molecule has 0 spiro atoms. The van der Waals surface area contributed by atoms with Crippen LogP contribution >= 0.6 is 0 Å². The van der Waals surface area contributed by atoms with Crippen LogP contribution in [0.5, 0.6) is 0 Å². The van der Waals surface area contributed by atoms with Crippen molar-refractivity contribution in [3.8, 4) is 0 Å². The fourth-order valence-corrected chi connectivity index (χ4v) is 4.08. The number of carbonyl (C=O) groups is 2. The SMILES string of the molecule is CNC(=O)C(C)N(Cc1ccccc1F)C(=O)CN(c1cc(C)ccc1C)S(C)(=O)=O. The molecule has 0 bridgehead atoms. The fraction of sp³-hybridized carbons (Fsp3) is 0.364. The van der Waals surface area contributed by atoms with Crippen molar-refractivity contribution in [3.05, 3.63) is 65.0 Å². The van der Waals surface area contributed by atoms with Gasteiger partial charge in [-0.2, -0.15) is 0 Å². The average molecular weight is 450 g/mol. The second kappa shape index (κ2) is 9.91. The standard InChI is InChI=1S/C22H28FN3O4S/c1-15-10-11-16(2)20(12-15)26(31(5,29)30)14-21(27)25(17(3)22(28)24-4)13-18-8-6-7-9-19(18)23/h6-12,17H,13-14H2,1-5H3,(H,24,28). The van der Waals surface area contributed by atoms with E-state index in [0.717, 1.165) is 16.1 Å². The van der Waals surface area contributed by atoms with Gasteiger partial charge in [0.2, 0.25) is 21.8 Å². The normalized spacial score (nSPS) is 12.2. The van der Waals surface area contributed by atoms with Gasteiger partial charge in [0.1, 0.15) is 18.4 Å². The van der Waals surface area contributed by atoms with Crippen LogP contribution in [-0.2, 0) is 26.2 Å². The van der Waals surface area contributed by atoms with Crippen molar-refractivity contribution in [2.24, 2.45) is 0 Å². The van der Waals surface area contributed by atoms with Crippen molar-refractivity contribution in [2.45, 2.75) is 33.4 Å². The smallest absolute Gasteiger partial charge is 0.244 e. The van der Waals surface area contributed by atoms with E-state index in [2.05, 4.69) is 5.32 Å². The predicted octanol–water partition coefficient (Wildman–Crippen LogP) is 2.37. The van der Waals surface area contributed by atoms with E-state index in [1.165, 1.54) is 37.1 Å². The lowest BCUT2D eigenvalue weighted by Gasteiger charge is -2.31. The maximum Gasteiger partial charge on any atom is 0.244 e. The van der Waals surface area contributed by atoms with Crippen LogP contribution in [0.4, 0.5) is 10.1 Å². The Kier molecular flexibility index (Phi) is 7.78. The molecule has 0 saturated heterocycles. The summed E-state index contributed by atoms with van der Waals surface area (Å²) >= 11 is 0. The average Bonchev–Trinajstić information content (AvgIpc) is 2.71. The van der Waals surface area contributed by atoms with Gasteiger partial charge >= 0.3 is 0 Å². The second-order valence-corrected chi connectivity index (χ2v) is 9.37. The first-order chi connectivity index (χ1) is 14.5. The minimum absolute atomic E-state index is 0.176. The first-order valence-corrected chi connectivity index (χ1v) is 11.6. The minimum Gasteiger partial charge on any atom is -0.357 e. The zero-order valence-corrected chi connectivity index (χ0v) is 19.2. The van der Waals surface area contributed by atoms with E-state index in [9.17, 15) is 22.4 Å². The van der Waals surface area contributed by atoms with E-state index in [0.29, 0.717) is 11.3 Å². The Morgan fingerprint density at radius 3 is 2.35 bits per heavy atom. The van der Waals surface area contributed by atoms with Gasteiger partial charge in [-0.15, -0.1) is 0 Å². The molecule has 0 radical (unpaired) electrons.